The fraction of sp³-hybridized carbons (Fsp3) is 0.625. The van der Waals surface area contributed by atoms with E-state index in [1.165, 1.54) is 30.4 Å². The topological polar surface area (TPSA) is 35.2 Å². The van der Waals surface area contributed by atoms with Crippen LogP contribution >= 0.6 is 0 Å². The van der Waals surface area contributed by atoms with E-state index < -0.39 is 0 Å². The molecule has 2 rings (SSSR count). The van der Waals surface area contributed by atoms with Crippen LogP contribution < -0.4 is 10.5 Å². The normalized spacial score (nSPS) is 28.1. The fourth-order valence-corrected chi connectivity index (χ4v) is 3.34. The number of hydrogen-bond donors (Lipinski definition) is 1. The van der Waals surface area contributed by atoms with Gasteiger partial charge in [-0.25, -0.2) is 0 Å². The van der Waals surface area contributed by atoms with Crippen LogP contribution in [0.25, 0.3) is 0 Å². The molecule has 0 aromatic heterocycles. The summed E-state index contributed by atoms with van der Waals surface area (Å²) in [5.74, 6) is 1.70. The molecular weight excluding hydrogens is 222 g/mol. The van der Waals surface area contributed by atoms with E-state index in [-0.39, 0.29) is 5.54 Å². The summed E-state index contributed by atoms with van der Waals surface area (Å²) in [5.41, 5.74) is 9.13. The van der Waals surface area contributed by atoms with Gasteiger partial charge < -0.3 is 10.5 Å². The summed E-state index contributed by atoms with van der Waals surface area (Å²) in [4.78, 5) is 0. The molecule has 1 aromatic rings. The first-order chi connectivity index (χ1) is 8.59. The number of aryl methyl sites for hydroxylation is 1. The van der Waals surface area contributed by atoms with Gasteiger partial charge in [0.25, 0.3) is 0 Å². The molecule has 18 heavy (non-hydrogen) atoms. The minimum atomic E-state index is -0.130. The molecule has 1 saturated carbocycles. The average Bonchev–Trinajstić information content (AvgIpc) is 2.38. The average molecular weight is 247 g/mol. The van der Waals surface area contributed by atoms with Gasteiger partial charge in [-0.1, -0.05) is 32.3 Å². The van der Waals surface area contributed by atoms with E-state index in [1.54, 1.807) is 7.11 Å². The zero-order valence-electron chi connectivity index (χ0n) is 11.8. The second-order valence-corrected chi connectivity index (χ2v) is 5.71. The lowest BCUT2D eigenvalue weighted by Gasteiger charge is -2.39. The van der Waals surface area contributed by atoms with Crippen molar-refractivity contribution in [3.8, 4) is 5.75 Å². The van der Waals surface area contributed by atoms with Gasteiger partial charge in [0.05, 0.1) is 7.11 Å². The Kier molecular flexibility index (Phi) is 3.96. The minimum Gasteiger partial charge on any atom is -0.497 e. The zero-order valence-corrected chi connectivity index (χ0v) is 11.8. The van der Waals surface area contributed by atoms with E-state index in [9.17, 15) is 0 Å². The maximum atomic E-state index is 6.70. The summed E-state index contributed by atoms with van der Waals surface area (Å²) in [6.07, 6.45) is 6.06. The van der Waals surface area contributed by atoms with Gasteiger partial charge in [-0.2, -0.15) is 0 Å². The number of ether oxygens (including phenoxy) is 1. The summed E-state index contributed by atoms with van der Waals surface area (Å²) in [7, 11) is 1.71. The largest absolute Gasteiger partial charge is 0.497 e. The monoisotopic (exact) mass is 247 g/mol. The highest BCUT2D eigenvalue weighted by atomic mass is 16.5. The lowest BCUT2D eigenvalue weighted by molar-refractivity contribution is 0.220. The summed E-state index contributed by atoms with van der Waals surface area (Å²) < 4.78 is 5.27. The lowest BCUT2D eigenvalue weighted by atomic mass is 9.71. The van der Waals surface area contributed by atoms with Crippen LogP contribution in [0.5, 0.6) is 5.75 Å². The zero-order chi connectivity index (χ0) is 13.2. The first-order valence-electron chi connectivity index (χ1n) is 7.03. The van der Waals surface area contributed by atoms with Crippen LogP contribution in [0, 0.1) is 12.8 Å². The molecule has 0 amide bonds. The Balaban J connectivity index is 2.29. The van der Waals surface area contributed by atoms with Crippen LogP contribution in [0.3, 0.4) is 0 Å². The molecule has 1 aromatic carbocycles. The molecule has 2 atom stereocenters. The summed E-state index contributed by atoms with van der Waals surface area (Å²) >= 11 is 0. The Bertz CT molecular complexity index is 416. The van der Waals surface area contributed by atoms with Crippen LogP contribution in [0.4, 0.5) is 0 Å². The molecule has 0 radical (unpaired) electrons. The number of hydrogen-bond acceptors (Lipinski definition) is 2. The summed E-state index contributed by atoms with van der Waals surface area (Å²) in [6.45, 7) is 4.42. The molecule has 1 fully saturated rings. The van der Waals surface area contributed by atoms with Gasteiger partial charge in [0, 0.05) is 5.54 Å². The van der Waals surface area contributed by atoms with Crippen LogP contribution in [0.1, 0.15) is 50.2 Å². The van der Waals surface area contributed by atoms with Crippen molar-refractivity contribution in [3.05, 3.63) is 29.3 Å². The molecule has 0 spiro atoms. The van der Waals surface area contributed by atoms with Crippen LogP contribution in [0.15, 0.2) is 18.2 Å². The Morgan fingerprint density at radius 3 is 2.83 bits per heavy atom. The van der Waals surface area contributed by atoms with Crippen LogP contribution in [-0.2, 0) is 5.54 Å². The van der Waals surface area contributed by atoms with Crippen molar-refractivity contribution in [1.29, 1.82) is 0 Å². The van der Waals surface area contributed by atoms with Crippen molar-refractivity contribution >= 4 is 0 Å². The van der Waals surface area contributed by atoms with Gasteiger partial charge in [-0.15, -0.1) is 0 Å². The fourth-order valence-electron chi connectivity index (χ4n) is 3.34. The molecule has 0 heterocycles. The Morgan fingerprint density at radius 2 is 2.22 bits per heavy atom. The number of methoxy groups -OCH3 is 1. The number of rotatable bonds is 3. The highest BCUT2D eigenvalue weighted by Crippen LogP contribution is 2.40. The molecular formula is C16H25NO. The molecule has 0 aliphatic heterocycles. The van der Waals surface area contributed by atoms with Gasteiger partial charge in [-0.3, -0.25) is 0 Å². The molecule has 2 unspecified atom stereocenters. The van der Waals surface area contributed by atoms with Crippen LogP contribution in [-0.4, -0.2) is 7.11 Å². The van der Waals surface area contributed by atoms with E-state index in [4.69, 9.17) is 10.5 Å². The van der Waals surface area contributed by atoms with Crippen LogP contribution in [0.2, 0.25) is 0 Å². The third-order valence-electron chi connectivity index (χ3n) is 4.44. The smallest absolute Gasteiger partial charge is 0.119 e. The highest BCUT2D eigenvalue weighted by Gasteiger charge is 2.34. The first kappa shape index (κ1) is 13.4. The summed E-state index contributed by atoms with van der Waals surface area (Å²) in [6, 6.07) is 6.29. The van der Waals surface area contributed by atoms with Crippen molar-refractivity contribution in [2.45, 2.75) is 51.5 Å². The van der Waals surface area contributed by atoms with Crippen molar-refractivity contribution < 1.29 is 4.74 Å². The Hall–Kier alpha value is -1.02. The maximum absolute atomic E-state index is 6.70. The van der Waals surface area contributed by atoms with Crippen molar-refractivity contribution in [2.75, 3.05) is 7.11 Å². The SMILES string of the molecule is CCC1CCCC(N)(c2ccc(OC)cc2C)C1. The lowest BCUT2D eigenvalue weighted by Crippen LogP contribution is -2.42. The number of nitrogens with two attached hydrogens (primary N) is 1. The van der Waals surface area contributed by atoms with Gasteiger partial charge in [0.1, 0.15) is 5.75 Å². The highest BCUT2D eigenvalue weighted by molar-refractivity contribution is 5.39. The predicted molar refractivity (Wildman–Crippen MR) is 75.8 cm³/mol. The van der Waals surface area contributed by atoms with Gasteiger partial charge >= 0.3 is 0 Å². The van der Waals surface area contributed by atoms with Crippen molar-refractivity contribution in [1.82, 2.24) is 0 Å². The third kappa shape index (κ3) is 2.54. The Morgan fingerprint density at radius 1 is 1.44 bits per heavy atom. The minimum absolute atomic E-state index is 0.130. The van der Waals surface area contributed by atoms with Gasteiger partial charge in [0.15, 0.2) is 0 Å². The second-order valence-electron chi connectivity index (χ2n) is 5.71. The Labute approximate surface area is 111 Å². The summed E-state index contributed by atoms with van der Waals surface area (Å²) in [5, 5.41) is 0. The van der Waals surface area contributed by atoms with E-state index in [0.29, 0.717) is 0 Å². The van der Waals surface area contributed by atoms with E-state index in [0.717, 1.165) is 24.5 Å². The predicted octanol–water partition coefficient (Wildman–Crippen LogP) is 3.76. The molecule has 2 heteroatoms. The maximum Gasteiger partial charge on any atom is 0.119 e. The number of benzene rings is 1. The van der Waals surface area contributed by atoms with Crippen molar-refractivity contribution in [2.24, 2.45) is 11.7 Å². The molecule has 1 aliphatic rings. The first-order valence-corrected chi connectivity index (χ1v) is 7.03. The molecule has 100 valence electrons. The van der Waals surface area contributed by atoms with E-state index in [1.807, 2.05) is 6.07 Å². The molecule has 2 N–H and O–H groups in total. The molecule has 2 nitrogen and oxygen atoms in total. The second kappa shape index (κ2) is 5.31. The van der Waals surface area contributed by atoms with Crippen molar-refractivity contribution in [3.63, 3.8) is 0 Å². The van der Waals surface area contributed by atoms with Gasteiger partial charge in [-0.05, 0) is 48.9 Å². The third-order valence-corrected chi connectivity index (χ3v) is 4.44. The quantitative estimate of drug-likeness (QED) is 0.882. The van der Waals surface area contributed by atoms with E-state index >= 15 is 0 Å². The molecule has 1 aliphatic carbocycles. The molecule has 0 saturated heterocycles. The standard InChI is InChI=1S/C16H25NO/c1-4-13-6-5-9-16(17,11-13)15-8-7-14(18-3)10-12(15)2/h7-8,10,13H,4-6,9,11,17H2,1-3H3. The molecule has 0 bridgehead atoms. The van der Waals surface area contributed by atoms with E-state index in [2.05, 4.69) is 26.0 Å². The van der Waals surface area contributed by atoms with Gasteiger partial charge in [0.2, 0.25) is 0 Å².